The Hall–Kier alpha value is -1.34. The van der Waals surface area contributed by atoms with Crippen molar-refractivity contribution in [2.75, 3.05) is 0 Å². The minimum atomic E-state index is 0.253. The lowest BCUT2D eigenvalue weighted by Gasteiger charge is -2.19. The summed E-state index contributed by atoms with van der Waals surface area (Å²) in [5.41, 5.74) is 6.32. The molecule has 0 amide bonds. The van der Waals surface area contributed by atoms with E-state index in [9.17, 15) is 0 Å². The molecule has 1 heteroatoms. The van der Waals surface area contributed by atoms with Crippen molar-refractivity contribution in [3.05, 3.63) is 70.8 Å². The lowest BCUT2D eigenvalue weighted by Crippen LogP contribution is -2.10. The molecule has 0 fully saturated rings. The van der Waals surface area contributed by atoms with E-state index in [1.807, 2.05) is 0 Å². The summed E-state index contributed by atoms with van der Waals surface area (Å²) >= 11 is 0. The highest BCUT2D eigenvalue weighted by molar-refractivity contribution is 6.35. The van der Waals surface area contributed by atoms with Crippen LogP contribution in [0.15, 0.2) is 48.5 Å². The average Bonchev–Trinajstić information content (AvgIpc) is 2.54. The third-order valence-corrected chi connectivity index (χ3v) is 6.03. The second-order valence-electron chi connectivity index (χ2n) is 9.14. The van der Waals surface area contributed by atoms with Crippen LogP contribution >= 0.6 is 0 Å². The van der Waals surface area contributed by atoms with Gasteiger partial charge in [-0.2, -0.15) is 0 Å². The van der Waals surface area contributed by atoms with Crippen LogP contribution in [0.4, 0.5) is 0 Å². The van der Waals surface area contributed by atoms with Crippen molar-refractivity contribution < 1.29 is 0 Å². The molecule has 0 spiro atoms. The fourth-order valence-electron chi connectivity index (χ4n) is 2.93. The number of hydrogen-bond acceptors (Lipinski definition) is 0. The Kier molecular flexibility index (Phi) is 6.68. The minimum Gasteiger partial charge on any atom is -0.0588 e. The van der Waals surface area contributed by atoms with Crippen molar-refractivity contribution in [2.24, 2.45) is 0 Å². The monoisotopic (exact) mass is 350 g/mol. The highest BCUT2D eigenvalue weighted by atomic mass is 28.2. The summed E-state index contributed by atoms with van der Waals surface area (Å²) < 4.78 is 0. The van der Waals surface area contributed by atoms with Crippen LogP contribution in [0.25, 0.3) is 0 Å². The molecule has 0 saturated heterocycles. The first-order valence-electron chi connectivity index (χ1n) is 9.56. The van der Waals surface area contributed by atoms with Gasteiger partial charge in [-0.15, -0.1) is 0 Å². The molecule has 0 N–H and O–H groups in total. The predicted molar refractivity (Wildman–Crippen MR) is 113 cm³/mol. The van der Waals surface area contributed by atoms with Crippen LogP contribution in [0.1, 0.15) is 63.8 Å². The summed E-state index contributed by atoms with van der Waals surface area (Å²) in [6.07, 6.45) is 2.43. The number of rotatable bonds is 6. The van der Waals surface area contributed by atoms with Crippen LogP contribution < -0.4 is 0 Å². The largest absolute Gasteiger partial charge is 0.0588 e. The lowest BCUT2D eigenvalue weighted by molar-refractivity contribution is 0.589. The van der Waals surface area contributed by atoms with Gasteiger partial charge in [0.05, 0.1) is 0 Å². The maximum atomic E-state index is 2.32. The smallest absolute Gasteiger partial charge is 0.0384 e. The summed E-state index contributed by atoms with van der Waals surface area (Å²) in [6.45, 7) is 13.7. The minimum absolute atomic E-state index is 0.253. The third kappa shape index (κ3) is 6.47. The molecule has 0 nitrogen and oxygen atoms in total. The van der Waals surface area contributed by atoms with E-state index in [1.54, 1.807) is 0 Å². The first-order valence-corrected chi connectivity index (χ1v) is 11.0. The van der Waals surface area contributed by atoms with Crippen molar-refractivity contribution in [3.63, 3.8) is 0 Å². The normalized spacial score (nSPS) is 12.4. The van der Waals surface area contributed by atoms with Gasteiger partial charge in [-0.1, -0.05) is 102 Å². The van der Waals surface area contributed by atoms with E-state index in [2.05, 4.69) is 90.1 Å². The quantitative estimate of drug-likeness (QED) is 0.406. The Morgan fingerprint density at radius 2 is 0.880 bits per heavy atom. The Bertz CT molecular complexity index is 577. The molecule has 0 bridgehead atoms. The van der Waals surface area contributed by atoms with Gasteiger partial charge in [0, 0.05) is 9.52 Å². The van der Waals surface area contributed by atoms with E-state index in [0.717, 1.165) is 9.52 Å². The number of benzene rings is 2. The van der Waals surface area contributed by atoms with Crippen molar-refractivity contribution in [1.29, 1.82) is 0 Å². The SMILES string of the molecule is CC(C)(C)c1ccc(CC[Si]CCc2ccc(C(C)(C)C)cc2)cc1. The van der Waals surface area contributed by atoms with E-state index in [-0.39, 0.29) is 10.8 Å². The molecule has 0 unspecified atom stereocenters. The predicted octanol–water partition coefficient (Wildman–Crippen LogP) is 6.61. The third-order valence-electron chi connectivity index (χ3n) is 4.82. The Labute approximate surface area is 157 Å². The van der Waals surface area contributed by atoms with Gasteiger partial charge in [0.1, 0.15) is 0 Å². The maximum absolute atomic E-state index is 2.32. The molecule has 2 aromatic rings. The molecule has 0 heterocycles. The van der Waals surface area contributed by atoms with E-state index in [4.69, 9.17) is 0 Å². The van der Waals surface area contributed by atoms with Crippen LogP contribution in [0.2, 0.25) is 12.1 Å². The Morgan fingerprint density at radius 3 is 1.16 bits per heavy atom. The zero-order valence-electron chi connectivity index (χ0n) is 16.9. The fourth-order valence-corrected chi connectivity index (χ4v) is 4.11. The zero-order valence-corrected chi connectivity index (χ0v) is 17.9. The standard InChI is InChI=1S/C24H34Si/c1-23(2,3)21-11-7-19(8-12-21)15-17-25-18-16-20-9-13-22(14-10-20)24(4,5)6/h7-14H,15-18H2,1-6H3. The summed E-state index contributed by atoms with van der Waals surface area (Å²) in [7, 11) is 1.06. The molecule has 0 aromatic heterocycles. The van der Waals surface area contributed by atoms with Crippen molar-refractivity contribution >= 4 is 9.52 Å². The molecular weight excluding hydrogens is 316 g/mol. The highest BCUT2D eigenvalue weighted by Crippen LogP contribution is 2.23. The van der Waals surface area contributed by atoms with Crippen molar-refractivity contribution in [1.82, 2.24) is 0 Å². The van der Waals surface area contributed by atoms with Crippen molar-refractivity contribution in [3.8, 4) is 0 Å². The fraction of sp³-hybridized carbons (Fsp3) is 0.500. The first kappa shape index (κ1) is 20.0. The van der Waals surface area contributed by atoms with Crippen LogP contribution in [0.3, 0.4) is 0 Å². The molecule has 134 valence electrons. The molecular formula is C24H34Si. The van der Waals surface area contributed by atoms with Gasteiger partial charge in [0.25, 0.3) is 0 Å². The van der Waals surface area contributed by atoms with Crippen LogP contribution in [0.5, 0.6) is 0 Å². The van der Waals surface area contributed by atoms with Crippen LogP contribution in [0, 0.1) is 0 Å². The van der Waals surface area contributed by atoms with E-state index < -0.39 is 0 Å². The molecule has 0 saturated carbocycles. The summed E-state index contributed by atoms with van der Waals surface area (Å²) in [6, 6.07) is 21.1. The van der Waals surface area contributed by atoms with Gasteiger partial charge in [0.2, 0.25) is 0 Å². The second kappa shape index (κ2) is 8.36. The van der Waals surface area contributed by atoms with Gasteiger partial charge in [-0.05, 0) is 45.9 Å². The van der Waals surface area contributed by atoms with Gasteiger partial charge in [-0.25, -0.2) is 0 Å². The highest BCUT2D eigenvalue weighted by Gasteiger charge is 2.13. The molecule has 2 rings (SSSR count). The van der Waals surface area contributed by atoms with Gasteiger partial charge in [0.15, 0.2) is 0 Å². The summed E-state index contributed by atoms with van der Waals surface area (Å²) in [5, 5.41) is 0. The summed E-state index contributed by atoms with van der Waals surface area (Å²) in [5.74, 6) is 0. The molecule has 2 radical (unpaired) electrons. The summed E-state index contributed by atoms with van der Waals surface area (Å²) in [4.78, 5) is 0. The Morgan fingerprint density at radius 1 is 0.560 bits per heavy atom. The number of aryl methyl sites for hydroxylation is 2. The van der Waals surface area contributed by atoms with E-state index in [0.29, 0.717) is 0 Å². The number of hydrogen-bond donors (Lipinski definition) is 0. The van der Waals surface area contributed by atoms with Gasteiger partial charge in [-0.3, -0.25) is 0 Å². The first-order chi connectivity index (χ1) is 11.7. The van der Waals surface area contributed by atoms with Crippen LogP contribution in [-0.2, 0) is 23.7 Å². The van der Waals surface area contributed by atoms with Crippen LogP contribution in [-0.4, -0.2) is 9.52 Å². The molecule has 0 aliphatic rings. The lowest BCUT2D eigenvalue weighted by atomic mass is 9.86. The van der Waals surface area contributed by atoms with Gasteiger partial charge >= 0.3 is 0 Å². The molecule has 0 aliphatic heterocycles. The molecule has 0 atom stereocenters. The molecule has 25 heavy (non-hydrogen) atoms. The second-order valence-corrected chi connectivity index (χ2v) is 10.6. The molecule has 0 aliphatic carbocycles. The topological polar surface area (TPSA) is 0 Å². The van der Waals surface area contributed by atoms with Gasteiger partial charge < -0.3 is 0 Å². The maximum Gasteiger partial charge on any atom is 0.0384 e. The van der Waals surface area contributed by atoms with E-state index >= 15 is 0 Å². The zero-order chi connectivity index (χ0) is 18.5. The van der Waals surface area contributed by atoms with E-state index in [1.165, 1.54) is 47.2 Å². The molecule has 2 aromatic carbocycles. The van der Waals surface area contributed by atoms with Crippen molar-refractivity contribution in [2.45, 2.75) is 77.3 Å². The Balaban J connectivity index is 1.71. The average molecular weight is 351 g/mol.